The van der Waals surface area contributed by atoms with E-state index in [1.165, 1.54) is 0 Å². The summed E-state index contributed by atoms with van der Waals surface area (Å²) in [6, 6.07) is 7.97. The molecule has 2 nitrogen and oxygen atoms in total. The van der Waals surface area contributed by atoms with Crippen molar-refractivity contribution < 1.29 is 4.79 Å². The lowest BCUT2D eigenvalue weighted by Crippen LogP contribution is -2.44. The van der Waals surface area contributed by atoms with E-state index in [1.54, 1.807) is 0 Å². The Labute approximate surface area is 90.7 Å². The highest BCUT2D eigenvalue weighted by Crippen LogP contribution is 2.30. The molecule has 1 atom stereocenters. The molecule has 80 valence electrons. The fourth-order valence-electron chi connectivity index (χ4n) is 2.04. The van der Waals surface area contributed by atoms with E-state index in [0.29, 0.717) is 12.2 Å². The smallest absolute Gasteiger partial charge is 0.159 e. The van der Waals surface area contributed by atoms with Crippen LogP contribution in [-0.4, -0.2) is 11.8 Å². The zero-order chi connectivity index (χ0) is 11.1. The van der Waals surface area contributed by atoms with Gasteiger partial charge in [0.25, 0.3) is 0 Å². The van der Waals surface area contributed by atoms with Crippen molar-refractivity contribution in [2.24, 2.45) is 5.41 Å². The number of carbonyl (C=O) groups excluding carboxylic acids is 1. The molecule has 2 rings (SSSR count). The summed E-state index contributed by atoms with van der Waals surface area (Å²) in [5.74, 6) is 0.293. The molecule has 15 heavy (non-hydrogen) atoms. The second kappa shape index (κ2) is 3.37. The molecule has 0 aromatic heterocycles. The van der Waals surface area contributed by atoms with Gasteiger partial charge >= 0.3 is 0 Å². The van der Waals surface area contributed by atoms with Gasteiger partial charge in [-0.05, 0) is 17.0 Å². The summed E-state index contributed by atoms with van der Waals surface area (Å²) in [7, 11) is 0. The quantitative estimate of drug-likeness (QED) is 0.702. The fraction of sp³-hybridized carbons (Fsp3) is 0.462. The molecule has 0 unspecified atom stereocenters. The van der Waals surface area contributed by atoms with E-state index in [4.69, 9.17) is 0 Å². The van der Waals surface area contributed by atoms with Crippen LogP contribution in [0.4, 0.5) is 5.69 Å². The van der Waals surface area contributed by atoms with Crippen molar-refractivity contribution in [1.82, 2.24) is 0 Å². The molecule has 1 N–H and O–H groups in total. The van der Waals surface area contributed by atoms with Crippen LogP contribution in [0.5, 0.6) is 0 Å². The first-order chi connectivity index (χ1) is 6.98. The molecule has 1 aromatic carbocycles. The Bertz CT molecular complexity index is 390. The van der Waals surface area contributed by atoms with E-state index in [0.717, 1.165) is 11.3 Å². The van der Waals surface area contributed by atoms with Gasteiger partial charge in [-0.15, -0.1) is 0 Å². The SMILES string of the molecule is CC(C)(C)[C@@H]1Nc2ccccc2CC1=O. The Morgan fingerprint density at radius 3 is 2.60 bits per heavy atom. The zero-order valence-electron chi connectivity index (χ0n) is 9.50. The molecule has 0 saturated carbocycles. The van der Waals surface area contributed by atoms with Gasteiger partial charge in [-0.3, -0.25) is 4.79 Å². The van der Waals surface area contributed by atoms with Crippen molar-refractivity contribution >= 4 is 11.5 Å². The van der Waals surface area contributed by atoms with Crippen LogP contribution in [0.3, 0.4) is 0 Å². The monoisotopic (exact) mass is 203 g/mol. The zero-order valence-corrected chi connectivity index (χ0v) is 9.50. The Hall–Kier alpha value is -1.31. The van der Waals surface area contributed by atoms with Gasteiger partial charge in [0.05, 0.1) is 6.04 Å². The standard InChI is InChI=1S/C13H17NO/c1-13(2,3)12-11(15)8-9-6-4-5-7-10(9)14-12/h4-7,12,14H,8H2,1-3H3/t12-/m1/s1. The minimum atomic E-state index is -0.0626. The number of hydrogen-bond acceptors (Lipinski definition) is 2. The minimum Gasteiger partial charge on any atom is -0.375 e. The van der Waals surface area contributed by atoms with Crippen LogP contribution in [0.15, 0.2) is 24.3 Å². The van der Waals surface area contributed by atoms with E-state index in [2.05, 4.69) is 26.1 Å². The number of fused-ring (bicyclic) bond motifs is 1. The highest BCUT2D eigenvalue weighted by atomic mass is 16.1. The van der Waals surface area contributed by atoms with Crippen LogP contribution < -0.4 is 5.32 Å². The lowest BCUT2D eigenvalue weighted by Gasteiger charge is -2.35. The van der Waals surface area contributed by atoms with Gasteiger partial charge in [0, 0.05) is 12.1 Å². The van der Waals surface area contributed by atoms with Crippen LogP contribution in [0.2, 0.25) is 0 Å². The van der Waals surface area contributed by atoms with Crippen molar-refractivity contribution in [3.63, 3.8) is 0 Å². The average Bonchev–Trinajstić information content (AvgIpc) is 2.15. The first-order valence-corrected chi connectivity index (χ1v) is 5.35. The van der Waals surface area contributed by atoms with E-state index < -0.39 is 0 Å². The maximum Gasteiger partial charge on any atom is 0.159 e. The highest BCUT2D eigenvalue weighted by molar-refractivity contribution is 5.93. The molecule has 0 amide bonds. The summed E-state index contributed by atoms with van der Waals surface area (Å²) in [5.41, 5.74) is 2.20. The molecule has 0 spiro atoms. The summed E-state index contributed by atoms with van der Waals surface area (Å²) in [6.45, 7) is 6.28. The number of benzene rings is 1. The van der Waals surface area contributed by atoms with E-state index in [1.807, 2.05) is 24.3 Å². The van der Waals surface area contributed by atoms with Crippen LogP contribution in [0.1, 0.15) is 26.3 Å². The average molecular weight is 203 g/mol. The number of nitrogens with one attached hydrogen (secondary N) is 1. The molecular formula is C13H17NO. The molecular weight excluding hydrogens is 186 g/mol. The van der Waals surface area contributed by atoms with Crippen molar-refractivity contribution in [2.45, 2.75) is 33.2 Å². The number of Topliss-reactive ketones (excluding diaryl/α,β-unsaturated/α-hetero) is 1. The third-order valence-electron chi connectivity index (χ3n) is 2.87. The molecule has 0 saturated heterocycles. The molecule has 1 aliphatic rings. The Kier molecular flexibility index (Phi) is 2.29. The first kappa shape index (κ1) is 10.2. The Morgan fingerprint density at radius 2 is 1.93 bits per heavy atom. The van der Waals surface area contributed by atoms with Crippen molar-refractivity contribution in [3.8, 4) is 0 Å². The second-order valence-corrected chi connectivity index (χ2v) is 5.24. The highest BCUT2D eigenvalue weighted by Gasteiger charge is 2.34. The lowest BCUT2D eigenvalue weighted by molar-refractivity contribution is -0.121. The number of ketones is 1. The third-order valence-corrected chi connectivity index (χ3v) is 2.87. The molecule has 0 radical (unpaired) electrons. The van der Waals surface area contributed by atoms with Crippen LogP contribution in [0, 0.1) is 5.41 Å². The molecule has 0 bridgehead atoms. The van der Waals surface area contributed by atoms with Gasteiger partial charge in [-0.1, -0.05) is 39.0 Å². The van der Waals surface area contributed by atoms with E-state index in [9.17, 15) is 4.79 Å². The predicted octanol–water partition coefficient (Wildman–Crippen LogP) is 2.64. The largest absolute Gasteiger partial charge is 0.375 e. The summed E-state index contributed by atoms with van der Waals surface area (Å²) in [6.07, 6.45) is 0.561. The number of carbonyl (C=O) groups is 1. The van der Waals surface area contributed by atoms with Crippen LogP contribution in [-0.2, 0) is 11.2 Å². The van der Waals surface area contributed by atoms with Gasteiger partial charge in [-0.25, -0.2) is 0 Å². The molecule has 0 fully saturated rings. The molecule has 1 heterocycles. The van der Waals surface area contributed by atoms with Gasteiger partial charge in [0.15, 0.2) is 5.78 Å². The van der Waals surface area contributed by atoms with Crippen LogP contribution >= 0.6 is 0 Å². The van der Waals surface area contributed by atoms with E-state index in [-0.39, 0.29) is 11.5 Å². The lowest BCUT2D eigenvalue weighted by atomic mass is 9.80. The molecule has 1 aliphatic heterocycles. The normalized spacial score (nSPS) is 20.7. The van der Waals surface area contributed by atoms with E-state index >= 15 is 0 Å². The molecule has 0 aliphatic carbocycles. The van der Waals surface area contributed by atoms with Crippen molar-refractivity contribution in [1.29, 1.82) is 0 Å². The third kappa shape index (κ3) is 1.89. The number of para-hydroxylation sites is 1. The first-order valence-electron chi connectivity index (χ1n) is 5.35. The number of anilines is 1. The maximum absolute atomic E-state index is 11.9. The molecule has 2 heteroatoms. The van der Waals surface area contributed by atoms with Gasteiger partial charge in [0.1, 0.15) is 0 Å². The second-order valence-electron chi connectivity index (χ2n) is 5.24. The summed E-state index contributed by atoms with van der Waals surface area (Å²) in [4.78, 5) is 11.9. The number of hydrogen-bond donors (Lipinski definition) is 1. The number of rotatable bonds is 0. The minimum absolute atomic E-state index is 0.0232. The van der Waals surface area contributed by atoms with Crippen molar-refractivity contribution in [2.75, 3.05) is 5.32 Å². The topological polar surface area (TPSA) is 29.1 Å². The van der Waals surface area contributed by atoms with Crippen molar-refractivity contribution in [3.05, 3.63) is 29.8 Å². The van der Waals surface area contributed by atoms with Gasteiger partial charge < -0.3 is 5.32 Å². The van der Waals surface area contributed by atoms with Crippen LogP contribution in [0.25, 0.3) is 0 Å². The Balaban J connectivity index is 2.34. The summed E-state index contributed by atoms with van der Waals surface area (Å²) in [5, 5.41) is 3.34. The maximum atomic E-state index is 11.9. The summed E-state index contributed by atoms with van der Waals surface area (Å²) >= 11 is 0. The predicted molar refractivity (Wildman–Crippen MR) is 62.0 cm³/mol. The molecule has 1 aromatic rings. The van der Waals surface area contributed by atoms with Gasteiger partial charge in [0.2, 0.25) is 0 Å². The van der Waals surface area contributed by atoms with Gasteiger partial charge in [-0.2, -0.15) is 0 Å². The Morgan fingerprint density at radius 1 is 1.27 bits per heavy atom. The fourth-order valence-corrected chi connectivity index (χ4v) is 2.04. The summed E-state index contributed by atoms with van der Waals surface area (Å²) < 4.78 is 0.